The Morgan fingerprint density at radius 1 is 1.18 bits per heavy atom. The van der Waals surface area contributed by atoms with E-state index in [9.17, 15) is 19.7 Å². The molecule has 0 saturated heterocycles. The van der Waals surface area contributed by atoms with Crippen molar-refractivity contribution in [2.24, 2.45) is 4.99 Å². The van der Waals surface area contributed by atoms with Gasteiger partial charge in [-0.3, -0.25) is 9.36 Å². The number of ether oxygens (including phenoxy) is 2. The minimum absolute atomic E-state index is 0.107. The van der Waals surface area contributed by atoms with E-state index >= 15 is 0 Å². The average molecular weight is 561 g/mol. The molecule has 0 spiro atoms. The minimum Gasteiger partial charge on any atom is -0.497 e. The summed E-state index contributed by atoms with van der Waals surface area (Å²) in [5, 5.41) is 9.38. The van der Waals surface area contributed by atoms with Gasteiger partial charge in [-0.05, 0) is 50.6 Å². The topological polar surface area (TPSA) is 123 Å². The summed E-state index contributed by atoms with van der Waals surface area (Å²) in [6, 6.07) is 14.8. The highest BCUT2D eigenvalue weighted by atomic mass is 32.1. The third-order valence-electron chi connectivity index (χ3n) is 6.55. The van der Waals surface area contributed by atoms with Crippen molar-refractivity contribution < 1.29 is 28.8 Å². The lowest BCUT2D eigenvalue weighted by molar-refractivity contribution is -0.730. The number of hydrogen-bond donors (Lipinski definition) is 1. The Kier molecular flexibility index (Phi) is 7.22. The van der Waals surface area contributed by atoms with Gasteiger partial charge in [0.1, 0.15) is 17.3 Å². The maximum Gasteiger partial charge on any atom is 0.338 e. The number of benzene rings is 2. The summed E-state index contributed by atoms with van der Waals surface area (Å²) < 4.78 is 18.4. The average Bonchev–Trinajstić information content (AvgIpc) is 3.52. The van der Waals surface area contributed by atoms with Gasteiger partial charge in [-0.15, -0.1) is 0 Å². The van der Waals surface area contributed by atoms with Gasteiger partial charge in [-0.1, -0.05) is 35.6 Å². The van der Waals surface area contributed by atoms with Crippen molar-refractivity contribution in [2.75, 3.05) is 13.7 Å². The van der Waals surface area contributed by atoms with E-state index in [-0.39, 0.29) is 28.3 Å². The number of nitrogens with zero attached hydrogens (tertiary/aromatic N) is 3. The Labute approximate surface area is 232 Å². The van der Waals surface area contributed by atoms with Gasteiger partial charge in [0.15, 0.2) is 4.80 Å². The summed E-state index contributed by atoms with van der Waals surface area (Å²) in [4.78, 5) is 43.1. The first kappa shape index (κ1) is 26.8. The maximum absolute atomic E-state index is 13.8. The number of fused-ring (bicyclic) bond motifs is 1. The van der Waals surface area contributed by atoms with Crippen LogP contribution in [0.2, 0.25) is 0 Å². The van der Waals surface area contributed by atoms with E-state index in [0.29, 0.717) is 49.0 Å². The highest BCUT2D eigenvalue weighted by Gasteiger charge is 2.33. The van der Waals surface area contributed by atoms with E-state index in [1.165, 1.54) is 22.0 Å². The largest absolute Gasteiger partial charge is 0.497 e. The SMILES string of the molecule is CCOC(=O)C1=C(C)N=c2s/c(=C\c3ccc(-c4ccc(C)c([N+](=O)O)c4)o3)c(=O)n2C1c1ccc(OC)cc1. The van der Waals surface area contributed by atoms with Crippen molar-refractivity contribution in [2.45, 2.75) is 26.8 Å². The van der Waals surface area contributed by atoms with E-state index in [1.54, 1.807) is 70.4 Å². The van der Waals surface area contributed by atoms with Gasteiger partial charge in [0.05, 0.1) is 40.5 Å². The summed E-state index contributed by atoms with van der Waals surface area (Å²) in [7, 11) is 1.56. The fourth-order valence-corrected chi connectivity index (χ4v) is 5.60. The van der Waals surface area contributed by atoms with Crippen molar-refractivity contribution >= 4 is 29.1 Å². The number of aryl methyl sites for hydroxylation is 1. The second-order valence-electron chi connectivity index (χ2n) is 9.05. The van der Waals surface area contributed by atoms with Crippen LogP contribution in [0.4, 0.5) is 5.69 Å². The van der Waals surface area contributed by atoms with Crippen LogP contribution < -0.4 is 19.6 Å². The molecule has 0 amide bonds. The molecule has 1 aliphatic heterocycles. The van der Waals surface area contributed by atoms with Crippen LogP contribution in [0.15, 0.2) is 80.1 Å². The Bertz CT molecular complexity index is 1850. The molecule has 0 bridgehead atoms. The van der Waals surface area contributed by atoms with E-state index < -0.39 is 12.0 Å². The third kappa shape index (κ3) is 4.87. The van der Waals surface area contributed by atoms with Gasteiger partial charge < -0.3 is 13.9 Å². The van der Waals surface area contributed by atoms with E-state index in [1.807, 2.05) is 12.1 Å². The number of esters is 1. The monoisotopic (exact) mass is 560 g/mol. The van der Waals surface area contributed by atoms with Crippen LogP contribution in [0.3, 0.4) is 0 Å². The van der Waals surface area contributed by atoms with Gasteiger partial charge in [0.25, 0.3) is 10.5 Å². The predicted molar refractivity (Wildman–Crippen MR) is 147 cm³/mol. The first-order valence-electron chi connectivity index (χ1n) is 12.4. The first-order valence-corrected chi connectivity index (χ1v) is 13.2. The van der Waals surface area contributed by atoms with Crippen molar-refractivity contribution in [3.8, 4) is 17.1 Å². The van der Waals surface area contributed by atoms with Gasteiger partial charge in [0, 0.05) is 23.3 Å². The molecule has 3 heterocycles. The number of aromatic nitrogens is 1. The summed E-state index contributed by atoms with van der Waals surface area (Å²) in [5.74, 6) is 0.976. The smallest absolute Gasteiger partial charge is 0.338 e. The van der Waals surface area contributed by atoms with E-state index in [2.05, 4.69) is 4.99 Å². The van der Waals surface area contributed by atoms with Crippen LogP contribution >= 0.6 is 11.3 Å². The zero-order valence-corrected chi connectivity index (χ0v) is 23.0. The lowest BCUT2D eigenvalue weighted by Gasteiger charge is -2.24. The summed E-state index contributed by atoms with van der Waals surface area (Å²) in [5.41, 5.74) is 2.43. The molecule has 0 aliphatic carbocycles. The lowest BCUT2D eigenvalue weighted by atomic mass is 9.96. The third-order valence-corrected chi connectivity index (χ3v) is 7.53. The quantitative estimate of drug-likeness (QED) is 0.266. The van der Waals surface area contributed by atoms with Crippen molar-refractivity contribution in [3.63, 3.8) is 0 Å². The second kappa shape index (κ2) is 10.8. The Morgan fingerprint density at radius 2 is 1.93 bits per heavy atom. The summed E-state index contributed by atoms with van der Waals surface area (Å²) in [6.45, 7) is 5.34. The fraction of sp³-hybridized carbons (Fsp3) is 0.207. The number of thiazole rings is 1. The molecule has 2 aromatic carbocycles. The molecular weight excluding hydrogens is 534 g/mol. The molecule has 10 nitrogen and oxygen atoms in total. The van der Waals surface area contributed by atoms with Gasteiger partial charge >= 0.3 is 11.7 Å². The summed E-state index contributed by atoms with van der Waals surface area (Å²) >= 11 is 1.18. The molecule has 1 aliphatic rings. The predicted octanol–water partition coefficient (Wildman–Crippen LogP) is 4.17. The molecule has 40 heavy (non-hydrogen) atoms. The molecule has 1 unspecified atom stereocenters. The second-order valence-corrected chi connectivity index (χ2v) is 10.1. The summed E-state index contributed by atoms with van der Waals surface area (Å²) in [6.07, 6.45) is 1.61. The molecule has 1 atom stereocenters. The normalized spacial score (nSPS) is 15.0. The van der Waals surface area contributed by atoms with Gasteiger partial charge in [-0.2, -0.15) is 0 Å². The number of hydrogen-bond acceptors (Lipinski definition) is 8. The molecule has 1 N–H and O–H groups in total. The standard InChI is InChI=1S/C29H26N3O7S/c1-5-38-28(34)25-17(3)30-29-31(26(25)18-8-10-20(37-4)11-9-18)27(33)24(40-29)15-21-12-13-23(39-21)19-7-6-16(2)22(14-19)32(35)36/h6-15,26H,5H2,1-4H3,(H,35,36)/q+1/b24-15-. The van der Waals surface area contributed by atoms with E-state index in [0.717, 1.165) is 0 Å². The van der Waals surface area contributed by atoms with Crippen LogP contribution in [-0.2, 0) is 9.53 Å². The van der Waals surface area contributed by atoms with E-state index in [4.69, 9.17) is 13.9 Å². The Balaban J connectivity index is 1.61. The Morgan fingerprint density at radius 3 is 2.60 bits per heavy atom. The number of carbonyl (C=O) groups is 1. The molecule has 11 heteroatoms. The Hall–Kier alpha value is -4.77. The molecule has 204 valence electrons. The van der Waals surface area contributed by atoms with Crippen LogP contribution in [0.5, 0.6) is 5.75 Å². The van der Waals surface area contributed by atoms with Gasteiger partial charge in [-0.25, -0.2) is 15.0 Å². The zero-order valence-electron chi connectivity index (χ0n) is 22.2. The zero-order chi connectivity index (χ0) is 28.6. The number of furan rings is 1. The van der Waals surface area contributed by atoms with Crippen LogP contribution in [0.25, 0.3) is 17.4 Å². The van der Waals surface area contributed by atoms with Crippen LogP contribution in [0, 0.1) is 11.8 Å². The number of rotatable bonds is 7. The minimum atomic E-state index is -0.741. The van der Waals surface area contributed by atoms with Crippen LogP contribution in [-0.4, -0.2) is 34.4 Å². The molecule has 5 rings (SSSR count). The highest BCUT2D eigenvalue weighted by Crippen LogP contribution is 2.32. The fourth-order valence-electron chi connectivity index (χ4n) is 4.58. The number of methoxy groups -OCH3 is 1. The van der Waals surface area contributed by atoms with Crippen molar-refractivity contribution in [1.29, 1.82) is 0 Å². The highest BCUT2D eigenvalue weighted by molar-refractivity contribution is 7.07. The van der Waals surface area contributed by atoms with Crippen molar-refractivity contribution in [3.05, 3.63) is 107 Å². The van der Waals surface area contributed by atoms with Crippen LogP contribution in [0.1, 0.15) is 36.8 Å². The lowest BCUT2D eigenvalue weighted by Crippen LogP contribution is -2.39. The van der Waals surface area contributed by atoms with Crippen molar-refractivity contribution in [1.82, 2.24) is 4.57 Å². The molecule has 0 fully saturated rings. The van der Waals surface area contributed by atoms with Gasteiger partial charge in [0.2, 0.25) is 0 Å². The molecule has 2 aromatic heterocycles. The maximum atomic E-state index is 13.8. The molecule has 4 aromatic rings. The number of carbonyl (C=O) groups excluding carboxylic acids is 1. The molecule has 0 saturated carbocycles. The first-order chi connectivity index (χ1) is 19.2. The molecule has 0 radical (unpaired) electrons. The number of allylic oxidation sites excluding steroid dienone is 1. The molecular formula is C29H26N3O7S+.